The van der Waals surface area contributed by atoms with Gasteiger partial charge in [-0.1, -0.05) is 61.5 Å². The highest BCUT2D eigenvalue weighted by atomic mass is 16.5. The van der Waals surface area contributed by atoms with E-state index in [1.54, 1.807) is 0 Å². The third kappa shape index (κ3) is 3.20. The minimum atomic E-state index is -0.0177. The monoisotopic (exact) mass is 464 g/mol. The zero-order valence-electron chi connectivity index (χ0n) is 20.5. The molecule has 178 valence electrons. The topological polar surface area (TPSA) is 55.9 Å². The lowest BCUT2D eigenvalue weighted by Gasteiger charge is -2.47. The number of fused-ring (bicyclic) bond motifs is 4. The van der Waals surface area contributed by atoms with Crippen LogP contribution < -0.4 is 5.32 Å². The fourth-order valence-corrected chi connectivity index (χ4v) is 6.91. The van der Waals surface area contributed by atoms with Crippen molar-refractivity contribution >= 4 is 5.82 Å². The van der Waals surface area contributed by atoms with Gasteiger partial charge in [0.2, 0.25) is 0 Å². The van der Waals surface area contributed by atoms with Crippen molar-refractivity contribution in [1.82, 2.24) is 14.9 Å². The molecule has 0 bridgehead atoms. The molecule has 7 rings (SSSR count). The number of benzene rings is 2. The average Bonchev–Trinajstić information content (AvgIpc) is 3.47. The first kappa shape index (κ1) is 21.0. The SMILES string of the molecule is C[C@H]1c2oncc2C[C@@]2(C)c3c(c(NC4CCC4)nn3-c3ccc(-c4ccccc4)cc3)CC[C@H]12. The summed E-state index contributed by atoms with van der Waals surface area (Å²) in [6.07, 6.45) is 8.90. The third-order valence-corrected chi connectivity index (χ3v) is 8.96. The van der Waals surface area contributed by atoms with Gasteiger partial charge in [-0.05, 0) is 67.7 Å². The summed E-state index contributed by atoms with van der Waals surface area (Å²) in [6.45, 7) is 4.77. The van der Waals surface area contributed by atoms with Gasteiger partial charge in [0.1, 0.15) is 5.76 Å². The molecule has 0 radical (unpaired) electrons. The van der Waals surface area contributed by atoms with E-state index in [0.29, 0.717) is 17.9 Å². The molecule has 1 N–H and O–H groups in total. The van der Waals surface area contributed by atoms with Crippen LogP contribution in [-0.4, -0.2) is 21.0 Å². The van der Waals surface area contributed by atoms with E-state index in [4.69, 9.17) is 9.62 Å². The summed E-state index contributed by atoms with van der Waals surface area (Å²) in [5.41, 5.74) is 7.63. The first-order valence-corrected chi connectivity index (χ1v) is 13.1. The molecule has 0 saturated heterocycles. The van der Waals surface area contributed by atoms with Crippen LogP contribution in [-0.2, 0) is 18.3 Å². The number of nitrogens with zero attached hydrogens (tertiary/aromatic N) is 3. The molecule has 35 heavy (non-hydrogen) atoms. The second-order valence-corrected chi connectivity index (χ2v) is 11.0. The van der Waals surface area contributed by atoms with Gasteiger partial charge in [-0.15, -0.1) is 5.10 Å². The Balaban J connectivity index is 1.36. The Kier molecular flexibility index (Phi) is 4.70. The fourth-order valence-electron chi connectivity index (χ4n) is 6.91. The van der Waals surface area contributed by atoms with E-state index >= 15 is 0 Å². The first-order chi connectivity index (χ1) is 17.1. The van der Waals surface area contributed by atoms with Crippen LogP contribution in [0.1, 0.15) is 68.0 Å². The molecule has 0 unspecified atom stereocenters. The number of rotatable bonds is 4. The molecule has 1 saturated carbocycles. The van der Waals surface area contributed by atoms with E-state index in [1.807, 2.05) is 6.20 Å². The lowest BCUT2D eigenvalue weighted by Crippen LogP contribution is -2.45. The molecule has 2 aromatic carbocycles. The molecule has 3 aliphatic rings. The molecule has 4 aromatic rings. The molecule has 2 aromatic heterocycles. The van der Waals surface area contributed by atoms with Crippen LogP contribution in [0, 0.1) is 5.92 Å². The predicted octanol–water partition coefficient (Wildman–Crippen LogP) is 6.67. The fraction of sp³-hybridized carbons (Fsp3) is 0.400. The Labute approximate surface area is 206 Å². The second-order valence-electron chi connectivity index (χ2n) is 11.0. The van der Waals surface area contributed by atoms with Crippen molar-refractivity contribution in [3.05, 3.63) is 83.4 Å². The summed E-state index contributed by atoms with van der Waals surface area (Å²) < 4.78 is 7.97. The van der Waals surface area contributed by atoms with E-state index in [1.165, 1.54) is 47.2 Å². The Morgan fingerprint density at radius 3 is 2.51 bits per heavy atom. The minimum Gasteiger partial charge on any atom is -0.366 e. The molecule has 3 atom stereocenters. The van der Waals surface area contributed by atoms with E-state index in [9.17, 15) is 0 Å². The van der Waals surface area contributed by atoms with Crippen LogP contribution in [0.4, 0.5) is 5.82 Å². The van der Waals surface area contributed by atoms with E-state index in [2.05, 4.69) is 83.6 Å². The zero-order chi connectivity index (χ0) is 23.6. The molecule has 5 heteroatoms. The number of nitrogens with one attached hydrogen (secondary N) is 1. The summed E-state index contributed by atoms with van der Waals surface area (Å²) in [6, 6.07) is 20.0. The van der Waals surface area contributed by atoms with Gasteiger partial charge in [0.05, 0.1) is 17.6 Å². The molecule has 0 aliphatic heterocycles. The first-order valence-electron chi connectivity index (χ1n) is 13.1. The maximum atomic E-state index is 5.72. The van der Waals surface area contributed by atoms with E-state index < -0.39 is 0 Å². The Morgan fingerprint density at radius 1 is 1.00 bits per heavy atom. The van der Waals surface area contributed by atoms with Crippen molar-refractivity contribution in [3.63, 3.8) is 0 Å². The number of anilines is 1. The molecule has 5 nitrogen and oxygen atoms in total. The Hall–Kier alpha value is -3.34. The summed E-state index contributed by atoms with van der Waals surface area (Å²) in [5.74, 6) is 3.04. The van der Waals surface area contributed by atoms with Crippen LogP contribution >= 0.6 is 0 Å². The maximum absolute atomic E-state index is 5.72. The molecular formula is C30H32N4O. The van der Waals surface area contributed by atoms with Crippen molar-refractivity contribution in [1.29, 1.82) is 0 Å². The van der Waals surface area contributed by atoms with Crippen molar-refractivity contribution in [3.8, 4) is 16.8 Å². The van der Waals surface area contributed by atoms with Crippen LogP contribution in [0.25, 0.3) is 16.8 Å². The number of aromatic nitrogens is 3. The van der Waals surface area contributed by atoms with Gasteiger partial charge >= 0.3 is 0 Å². The summed E-state index contributed by atoms with van der Waals surface area (Å²) in [7, 11) is 0. The molecule has 3 aliphatic carbocycles. The van der Waals surface area contributed by atoms with Crippen LogP contribution in [0.5, 0.6) is 0 Å². The average molecular weight is 465 g/mol. The number of hydrogen-bond donors (Lipinski definition) is 1. The smallest absolute Gasteiger partial charge is 0.152 e. The van der Waals surface area contributed by atoms with Gasteiger partial charge < -0.3 is 9.84 Å². The highest BCUT2D eigenvalue weighted by molar-refractivity contribution is 5.65. The van der Waals surface area contributed by atoms with Crippen molar-refractivity contribution in [2.75, 3.05) is 5.32 Å². The standard InChI is InChI=1S/C30H32N4O/c1-19-26-16-15-25-28(30(26,2)17-22-18-31-35-27(19)22)34(33-29(25)32-23-9-6-10-23)24-13-11-21(12-14-24)20-7-4-3-5-8-20/h3-5,7-8,11-14,18-19,23,26H,6,9-10,15-17H2,1-2H3,(H,32,33)/t19-,26-,30-/m1/s1. The van der Waals surface area contributed by atoms with Gasteiger partial charge in [0.25, 0.3) is 0 Å². The van der Waals surface area contributed by atoms with E-state index in [0.717, 1.165) is 36.5 Å². The Morgan fingerprint density at radius 2 is 1.77 bits per heavy atom. The molecule has 0 amide bonds. The molecule has 0 spiro atoms. The Bertz CT molecular complexity index is 1370. The predicted molar refractivity (Wildman–Crippen MR) is 138 cm³/mol. The summed E-state index contributed by atoms with van der Waals surface area (Å²) >= 11 is 0. The number of hydrogen-bond acceptors (Lipinski definition) is 4. The zero-order valence-corrected chi connectivity index (χ0v) is 20.5. The largest absolute Gasteiger partial charge is 0.366 e. The highest BCUT2D eigenvalue weighted by Crippen LogP contribution is 2.55. The second kappa shape index (κ2) is 7.84. The van der Waals surface area contributed by atoms with Gasteiger partial charge in [-0.25, -0.2) is 4.68 Å². The van der Waals surface area contributed by atoms with Gasteiger partial charge in [0, 0.05) is 28.5 Å². The molecular weight excluding hydrogens is 432 g/mol. The molecule has 1 fully saturated rings. The van der Waals surface area contributed by atoms with Crippen molar-refractivity contribution in [2.24, 2.45) is 5.92 Å². The van der Waals surface area contributed by atoms with Crippen LogP contribution in [0.2, 0.25) is 0 Å². The lowest BCUT2D eigenvalue weighted by molar-refractivity contribution is 0.170. The van der Waals surface area contributed by atoms with Gasteiger partial charge in [-0.2, -0.15) is 0 Å². The van der Waals surface area contributed by atoms with Gasteiger partial charge in [0.15, 0.2) is 5.82 Å². The van der Waals surface area contributed by atoms with Crippen molar-refractivity contribution < 1.29 is 4.52 Å². The quantitative estimate of drug-likeness (QED) is 0.366. The third-order valence-electron chi connectivity index (χ3n) is 8.96. The van der Waals surface area contributed by atoms with Crippen molar-refractivity contribution in [2.45, 2.75) is 69.7 Å². The van der Waals surface area contributed by atoms with Gasteiger partial charge in [-0.3, -0.25) is 0 Å². The normalized spacial score (nSPS) is 25.3. The van der Waals surface area contributed by atoms with Crippen LogP contribution in [0.3, 0.4) is 0 Å². The minimum absolute atomic E-state index is 0.0177. The molecule has 2 heterocycles. The van der Waals surface area contributed by atoms with Crippen LogP contribution in [0.15, 0.2) is 65.3 Å². The summed E-state index contributed by atoms with van der Waals surface area (Å²) in [4.78, 5) is 0. The lowest BCUT2D eigenvalue weighted by atomic mass is 9.56. The maximum Gasteiger partial charge on any atom is 0.152 e. The highest BCUT2D eigenvalue weighted by Gasteiger charge is 2.51. The summed E-state index contributed by atoms with van der Waals surface area (Å²) in [5, 5.41) is 13.2. The van der Waals surface area contributed by atoms with E-state index in [-0.39, 0.29) is 5.41 Å².